The number of halogens is 1. The first-order chi connectivity index (χ1) is 8.61. The van der Waals surface area contributed by atoms with Gasteiger partial charge in [0, 0.05) is 5.56 Å². The average Bonchev–Trinajstić information content (AvgIpc) is 2.37. The van der Waals surface area contributed by atoms with Crippen LogP contribution in [0.25, 0.3) is 11.4 Å². The number of aryl methyl sites for hydroxylation is 1. The van der Waals surface area contributed by atoms with E-state index in [4.69, 9.17) is 4.74 Å². The van der Waals surface area contributed by atoms with E-state index in [2.05, 4.69) is 25.9 Å². The first-order valence-corrected chi connectivity index (χ1v) is 6.40. The zero-order valence-electron chi connectivity index (χ0n) is 10.2. The predicted octanol–water partition coefficient (Wildman–Crippen LogP) is 2.91. The van der Waals surface area contributed by atoms with Gasteiger partial charge in [0.25, 0.3) is 5.56 Å². The monoisotopic (exact) mass is 308 g/mol. The molecule has 2 aromatic rings. The molecule has 0 aliphatic rings. The normalized spacial score (nSPS) is 10.4. The number of aromatic amines is 1. The lowest BCUT2D eigenvalue weighted by molar-refractivity contribution is 0.340. The van der Waals surface area contributed by atoms with Crippen molar-refractivity contribution in [3.8, 4) is 17.1 Å². The topological polar surface area (TPSA) is 55.0 Å². The molecule has 1 aromatic heterocycles. The fourth-order valence-electron chi connectivity index (χ4n) is 1.58. The lowest BCUT2D eigenvalue weighted by atomic mass is 10.2. The SMILES string of the molecule is CCOc1ccc(-c2nc(C)c(Br)c(=O)[nH]2)cc1. The summed E-state index contributed by atoms with van der Waals surface area (Å²) in [5.74, 6) is 1.36. The van der Waals surface area contributed by atoms with Crippen LogP contribution >= 0.6 is 15.9 Å². The molecule has 0 unspecified atom stereocenters. The van der Waals surface area contributed by atoms with Crippen molar-refractivity contribution in [1.29, 1.82) is 0 Å². The molecule has 0 amide bonds. The fourth-order valence-corrected chi connectivity index (χ4v) is 1.77. The second-order valence-corrected chi connectivity index (χ2v) is 4.56. The van der Waals surface area contributed by atoms with Crippen LogP contribution in [0.3, 0.4) is 0 Å². The number of hydrogen-bond acceptors (Lipinski definition) is 3. The first kappa shape index (κ1) is 12.8. The molecule has 1 N–H and O–H groups in total. The maximum Gasteiger partial charge on any atom is 0.265 e. The molecule has 4 nitrogen and oxygen atoms in total. The third kappa shape index (κ3) is 2.61. The van der Waals surface area contributed by atoms with Crippen LogP contribution in [-0.2, 0) is 0 Å². The molecule has 0 aliphatic carbocycles. The summed E-state index contributed by atoms with van der Waals surface area (Å²) in [5.41, 5.74) is 1.35. The molecule has 0 aliphatic heterocycles. The molecular formula is C13H13BrN2O2. The summed E-state index contributed by atoms with van der Waals surface area (Å²) in [6.07, 6.45) is 0. The van der Waals surface area contributed by atoms with E-state index in [1.54, 1.807) is 6.92 Å². The third-order valence-electron chi connectivity index (χ3n) is 2.47. The van der Waals surface area contributed by atoms with Crippen LogP contribution in [0.2, 0.25) is 0 Å². The summed E-state index contributed by atoms with van der Waals surface area (Å²) in [4.78, 5) is 18.7. The van der Waals surface area contributed by atoms with Gasteiger partial charge in [0.1, 0.15) is 16.0 Å². The Morgan fingerprint density at radius 2 is 2.00 bits per heavy atom. The quantitative estimate of drug-likeness (QED) is 0.948. The highest BCUT2D eigenvalue weighted by Crippen LogP contribution is 2.20. The number of hydrogen-bond donors (Lipinski definition) is 1. The number of H-pyrrole nitrogens is 1. The Morgan fingerprint density at radius 3 is 2.56 bits per heavy atom. The molecular weight excluding hydrogens is 296 g/mol. The molecule has 1 heterocycles. The summed E-state index contributed by atoms with van der Waals surface area (Å²) in [6.45, 7) is 4.36. The van der Waals surface area contributed by atoms with E-state index >= 15 is 0 Å². The minimum Gasteiger partial charge on any atom is -0.494 e. The summed E-state index contributed by atoms with van der Waals surface area (Å²) in [5, 5.41) is 0. The van der Waals surface area contributed by atoms with E-state index in [0.29, 0.717) is 22.6 Å². The third-order valence-corrected chi connectivity index (χ3v) is 3.40. The van der Waals surface area contributed by atoms with Crippen LogP contribution in [0.15, 0.2) is 33.5 Å². The molecule has 18 heavy (non-hydrogen) atoms. The smallest absolute Gasteiger partial charge is 0.265 e. The van der Waals surface area contributed by atoms with Crippen LogP contribution in [0.5, 0.6) is 5.75 Å². The van der Waals surface area contributed by atoms with Gasteiger partial charge in [-0.05, 0) is 54.0 Å². The zero-order valence-corrected chi connectivity index (χ0v) is 11.7. The minimum atomic E-state index is -0.175. The van der Waals surface area contributed by atoms with E-state index < -0.39 is 0 Å². The molecule has 2 rings (SSSR count). The fraction of sp³-hybridized carbons (Fsp3) is 0.231. The molecule has 5 heteroatoms. The van der Waals surface area contributed by atoms with Gasteiger partial charge in [-0.15, -0.1) is 0 Å². The highest BCUT2D eigenvalue weighted by Gasteiger charge is 2.06. The van der Waals surface area contributed by atoms with Crippen LogP contribution < -0.4 is 10.3 Å². The van der Waals surface area contributed by atoms with E-state index in [1.807, 2.05) is 31.2 Å². The van der Waals surface area contributed by atoms with Gasteiger partial charge in [0.05, 0.1) is 12.3 Å². The molecule has 0 saturated carbocycles. The van der Waals surface area contributed by atoms with Gasteiger partial charge in [-0.25, -0.2) is 4.98 Å². The molecule has 0 spiro atoms. The van der Waals surface area contributed by atoms with Crippen molar-refractivity contribution in [2.45, 2.75) is 13.8 Å². The summed E-state index contributed by atoms with van der Waals surface area (Å²) in [6, 6.07) is 7.46. The molecule has 94 valence electrons. The van der Waals surface area contributed by atoms with Gasteiger partial charge in [0.2, 0.25) is 0 Å². The Kier molecular flexibility index (Phi) is 3.81. The lowest BCUT2D eigenvalue weighted by Gasteiger charge is -2.05. The van der Waals surface area contributed by atoms with E-state index in [1.165, 1.54) is 0 Å². The van der Waals surface area contributed by atoms with Crippen LogP contribution in [0.1, 0.15) is 12.6 Å². The Hall–Kier alpha value is -1.62. The van der Waals surface area contributed by atoms with Gasteiger partial charge in [-0.2, -0.15) is 0 Å². The molecule has 0 fully saturated rings. The molecule has 0 bridgehead atoms. The van der Waals surface area contributed by atoms with E-state index in [-0.39, 0.29) is 5.56 Å². The maximum atomic E-state index is 11.6. The summed E-state index contributed by atoms with van der Waals surface area (Å²) < 4.78 is 5.83. The molecule has 1 aromatic carbocycles. The van der Waals surface area contributed by atoms with Crippen molar-refractivity contribution < 1.29 is 4.74 Å². The van der Waals surface area contributed by atoms with Crippen molar-refractivity contribution in [2.24, 2.45) is 0 Å². The maximum absolute atomic E-state index is 11.6. The molecule has 0 atom stereocenters. The van der Waals surface area contributed by atoms with Crippen LogP contribution in [0, 0.1) is 6.92 Å². The van der Waals surface area contributed by atoms with Gasteiger partial charge < -0.3 is 9.72 Å². The summed E-state index contributed by atoms with van der Waals surface area (Å²) >= 11 is 3.19. The second-order valence-electron chi connectivity index (χ2n) is 3.77. The zero-order chi connectivity index (χ0) is 13.1. The second kappa shape index (κ2) is 5.35. The number of rotatable bonds is 3. The van der Waals surface area contributed by atoms with Crippen LogP contribution in [-0.4, -0.2) is 16.6 Å². The summed E-state index contributed by atoms with van der Waals surface area (Å²) in [7, 11) is 0. The van der Waals surface area contributed by atoms with Gasteiger partial charge in [0.15, 0.2) is 0 Å². The number of aromatic nitrogens is 2. The highest BCUT2D eigenvalue weighted by atomic mass is 79.9. The highest BCUT2D eigenvalue weighted by molar-refractivity contribution is 9.10. The Morgan fingerprint density at radius 1 is 1.33 bits per heavy atom. The van der Waals surface area contributed by atoms with Crippen molar-refractivity contribution in [2.75, 3.05) is 6.61 Å². The van der Waals surface area contributed by atoms with Crippen molar-refractivity contribution >= 4 is 15.9 Å². The Balaban J connectivity index is 2.40. The number of nitrogens with zero attached hydrogens (tertiary/aromatic N) is 1. The number of benzene rings is 1. The van der Waals surface area contributed by atoms with Gasteiger partial charge in [-0.1, -0.05) is 0 Å². The van der Waals surface area contributed by atoms with Crippen molar-refractivity contribution in [3.05, 3.63) is 44.8 Å². The minimum absolute atomic E-state index is 0.175. The Labute approximate surface area is 113 Å². The van der Waals surface area contributed by atoms with E-state index in [0.717, 1.165) is 11.3 Å². The van der Waals surface area contributed by atoms with Crippen molar-refractivity contribution in [3.63, 3.8) is 0 Å². The Bertz CT molecular complexity index is 605. The number of ether oxygens (including phenoxy) is 1. The van der Waals surface area contributed by atoms with Gasteiger partial charge in [-0.3, -0.25) is 4.79 Å². The lowest BCUT2D eigenvalue weighted by Crippen LogP contribution is -2.11. The number of nitrogens with one attached hydrogen (secondary N) is 1. The van der Waals surface area contributed by atoms with E-state index in [9.17, 15) is 4.79 Å². The molecule has 0 radical (unpaired) electrons. The predicted molar refractivity (Wildman–Crippen MR) is 73.9 cm³/mol. The van der Waals surface area contributed by atoms with Crippen molar-refractivity contribution in [1.82, 2.24) is 9.97 Å². The first-order valence-electron chi connectivity index (χ1n) is 5.61. The average molecular weight is 309 g/mol. The van der Waals surface area contributed by atoms with Crippen LogP contribution in [0.4, 0.5) is 0 Å². The standard InChI is InChI=1S/C13H13BrN2O2/c1-3-18-10-6-4-9(5-7-10)12-15-8(2)11(14)13(17)16-12/h4-7H,3H2,1-2H3,(H,15,16,17). The molecule has 0 saturated heterocycles. The van der Waals surface area contributed by atoms with Gasteiger partial charge >= 0.3 is 0 Å². The largest absolute Gasteiger partial charge is 0.494 e.